The lowest BCUT2D eigenvalue weighted by molar-refractivity contribution is 0.0346. The van der Waals surface area contributed by atoms with Gasteiger partial charge in [0.25, 0.3) is 0 Å². The highest BCUT2D eigenvalue weighted by atomic mass is 16.6. The zero-order valence-corrected chi connectivity index (χ0v) is 13.1. The van der Waals surface area contributed by atoms with Crippen molar-refractivity contribution >= 4 is 6.09 Å². The van der Waals surface area contributed by atoms with Gasteiger partial charge in [-0.05, 0) is 39.5 Å². The molecule has 0 saturated carbocycles. The molecule has 0 bridgehead atoms. The van der Waals surface area contributed by atoms with Gasteiger partial charge < -0.3 is 9.84 Å². The molecular formula is C15H29NO3. The van der Waals surface area contributed by atoms with Crippen molar-refractivity contribution in [2.75, 3.05) is 0 Å². The smallest absolute Gasteiger partial charge is 0.411 e. The van der Waals surface area contributed by atoms with Crippen molar-refractivity contribution < 1.29 is 14.6 Å². The third-order valence-corrected chi connectivity index (χ3v) is 3.28. The van der Waals surface area contributed by atoms with Gasteiger partial charge in [0.15, 0.2) is 0 Å². The molecule has 0 aliphatic carbocycles. The van der Waals surface area contributed by atoms with Crippen molar-refractivity contribution in [1.82, 2.24) is 4.90 Å². The third-order valence-electron chi connectivity index (χ3n) is 3.28. The van der Waals surface area contributed by atoms with E-state index < -0.39 is 11.7 Å². The highest BCUT2D eigenvalue weighted by molar-refractivity contribution is 5.72. The van der Waals surface area contributed by atoms with Gasteiger partial charge >= 0.3 is 6.09 Å². The van der Waals surface area contributed by atoms with E-state index in [2.05, 4.69) is 20.8 Å². The topological polar surface area (TPSA) is 49.5 Å². The van der Waals surface area contributed by atoms with Crippen LogP contribution in [0.3, 0.4) is 0 Å². The van der Waals surface area contributed by atoms with E-state index in [1.807, 2.05) is 20.8 Å². The fourth-order valence-corrected chi connectivity index (χ4v) is 2.54. The third kappa shape index (κ3) is 4.68. The van der Waals surface area contributed by atoms with Crippen molar-refractivity contribution in [1.29, 1.82) is 0 Å². The number of hydrogen-bond acceptors (Lipinski definition) is 3. The van der Waals surface area contributed by atoms with Gasteiger partial charge in [-0.25, -0.2) is 4.79 Å². The normalized spacial score (nSPS) is 24.5. The van der Waals surface area contributed by atoms with Gasteiger partial charge in [0.1, 0.15) is 5.60 Å². The SMILES string of the molecule is CCC[C@@H]1[C@@H]([C@@H](O)CC(C)C)N1C(=O)OC(C)(C)C. The van der Waals surface area contributed by atoms with Gasteiger partial charge in [-0.2, -0.15) is 0 Å². The number of ether oxygens (including phenoxy) is 1. The molecule has 1 rings (SSSR count). The van der Waals surface area contributed by atoms with E-state index in [1.54, 1.807) is 4.90 Å². The lowest BCUT2D eigenvalue weighted by atomic mass is 10.0. The summed E-state index contributed by atoms with van der Waals surface area (Å²) < 4.78 is 5.40. The Bertz CT molecular complexity index is 309. The Kier molecular flexibility index (Phi) is 5.25. The molecule has 4 heteroatoms. The summed E-state index contributed by atoms with van der Waals surface area (Å²) in [5.74, 6) is 0.429. The van der Waals surface area contributed by atoms with Crippen molar-refractivity contribution in [2.24, 2.45) is 5.92 Å². The fourth-order valence-electron chi connectivity index (χ4n) is 2.54. The molecule has 0 aromatic heterocycles. The molecule has 0 radical (unpaired) electrons. The summed E-state index contributed by atoms with van der Waals surface area (Å²) in [5.41, 5.74) is -0.482. The van der Waals surface area contributed by atoms with E-state index in [1.165, 1.54) is 0 Å². The first-order valence-corrected chi connectivity index (χ1v) is 7.36. The first-order chi connectivity index (χ1) is 8.67. The number of carbonyl (C=O) groups is 1. The van der Waals surface area contributed by atoms with Gasteiger partial charge in [-0.1, -0.05) is 27.2 Å². The minimum absolute atomic E-state index is 0.0581. The van der Waals surface area contributed by atoms with E-state index >= 15 is 0 Å². The van der Waals surface area contributed by atoms with Crippen LogP contribution in [0.25, 0.3) is 0 Å². The number of nitrogens with zero attached hydrogens (tertiary/aromatic N) is 1. The lowest BCUT2D eigenvalue weighted by Gasteiger charge is -2.21. The molecule has 1 N–H and O–H groups in total. The largest absolute Gasteiger partial charge is 0.444 e. The second-order valence-electron chi connectivity index (χ2n) is 6.93. The van der Waals surface area contributed by atoms with Crippen LogP contribution in [0.2, 0.25) is 0 Å². The average molecular weight is 271 g/mol. The molecule has 0 aromatic carbocycles. The standard InChI is InChI=1S/C15H29NO3/c1-7-8-11-13(12(17)9-10(2)3)16(11)14(18)19-15(4,5)6/h10-13,17H,7-9H2,1-6H3/t11-,12+,13+,16?/m1/s1. The Morgan fingerprint density at radius 3 is 2.37 bits per heavy atom. The molecule has 3 atom stereocenters. The number of rotatable bonds is 5. The fraction of sp³-hybridized carbons (Fsp3) is 0.933. The Morgan fingerprint density at radius 2 is 1.95 bits per heavy atom. The van der Waals surface area contributed by atoms with E-state index in [0.717, 1.165) is 19.3 Å². The minimum Gasteiger partial charge on any atom is -0.444 e. The molecule has 112 valence electrons. The monoisotopic (exact) mass is 271 g/mol. The molecule has 1 saturated heterocycles. The van der Waals surface area contributed by atoms with Gasteiger partial charge in [0, 0.05) is 0 Å². The number of carbonyl (C=O) groups excluding carboxylic acids is 1. The molecular weight excluding hydrogens is 242 g/mol. The van der Waals surface area contributed by atoms with Crippen LogP contribution in [0, 0.1) is 5.92 Å². The first-order valence-electron chi connectivity index (χ1n) is 7.36. The minimum atomic E-state index is -0.482. The second kappa shape index (κ2) is 6.12. The molecule has 0 spiro atoms. The molecule has 0 aromatic rings. The summed E-state index contributed by atoms with van der Waals surface area (Å²) in [4.78, 5) is 13.8. The highest BCUT2D eigenvalue weighted by Gasteiger charge is 2.55. The van der Waals surface area contributed by atoms with Crippen LogP contribution in [0.5, 0.6) is 0 Å². The van der Waals surface area contributed by atoms with Crippen molar-refractivity contribution in [2.45, 2.75) is 84.6 Å². The molecule has 0 unspecified atom stereocenters. The van der Waals surface area contributed by atoms with E-state index in [0.29, 0.717) is 5.92 Å². The molecule has 1 aliphatic rings. The maximum atomic E-state index is 12.1. The van der Waals surface area contributed by atoms with Crippen LogP contribution >= 0.6 is 0 Å². The molecule has 4 nitrogen and oxygen atoms in total. The predicted octanol–water partition coefficient (Wildman–Crippen LogP) is 3.18. The van der Waals surface area contributed by atoms with Crippen molar-refractivity contribution in [3.05, 3.63) is 0 Å². The summed E-state index contributed by atoms with van der Waals surface area (Å²) in [6.07, 6.45) is 1.93. The van der Waals surface area contributed by atoms with Crippen LogP contribution in [0.4, 0.5) is 4.79 Å². The Labute approximate surface area is 117 Å². The summed E-state index contributed by atoms with van der Waals surface area (Å²) in [5, 5.41) is 10.2. The summed E-state index contributed by atoms with van der Waals surface area (Å²) in [6, 6.07) is 0.0887. The Balaban J connectivity index is 2.63. The molecule has 19 heavy (non-hydrogen) atoms. The van der Waals surface area contributed by atoms with E-state index in [9.17, 15) is 9.90 Å². The maximum absolute atomic E-state index is 12.1. The molecule has 1 aliphatic heterocycles. The van der Waals surface area contributed by atoms with E-state index in [-0.39, 0.29) is 18.2 Å². The van der Waals surface area contributed by atoms with Gasteiger partial charge in [-0.15, -0.1) is 0 Å². The maximum Gasteiger partial charge on any atom is 0.411 e. The number of aliphatic hydroxyl groups is 1. The van der Waals surface area contributed by atoms with Crippen LogP contribution in [0.1, 0.15) is 60.8 Å². The first kappa shape index (κ1) is 16.3. The van der Waals surface area contributed by atoms with Crippen LogP contribution < -0.4 is 0 Å². The summed E-state index contributed by atoms with van der Waals surface area (Å²) in [7, 11) is 0. The highest BCUT2D eigenvalue weighted by Crippen LogP contribution is 2.37. The summed E-state index contributed by atoms with van der Waals surface area (Å²) >= 11 is 0. The van der Waals surface area contributed by atoms with Crippen LogP contribution in [-0.2, 0) is 4.74 Å². The Morgan fingerprint density at radius 1 is 1.37 bits per heavy atom. The van der Waals surface area contributed by atoms with Gasteiger partial charge in [0.05, 0.1) is 18.2 Å². The average Bonchev–Trinajstić information content (AvgIpc) is 2.88. The van der Waals surface area contributed by atoms with Crippen molar-refractivity contribution in [3.8, 4) is 0 Å². The molecule has 1 heterocycles. The number of amides is 1. The second-order valence-corrected chi connectivity index (χ2v) is 6.93. The van der Waals surface area contributed by atoms with Gasteiger partial charge in [-0.3, -0.25) is 4.90 Å². The zero-order chi connectivity index (χ0) is 14.8. The van der Waals surface area contributed by atoms with Crippen LogP contribution in [0.15, 0.2) is 0 Å². The molecule has 1 fully saturated rings. The van der Waals surface area contributed by atoms with Crippen molar-refractivity contribution in [3.63, 3.8) is 0 Å². The molecule has 1 amide bonds. The number of aliphatic hydroxyl groups excluding tert-OH is 1. The predicted molar refractivity (Wildman–Crippen MR) is 76.0 cm³/mol. The van der Waals surface area contributed by atoms with Gasteiger partial charge in [0.2, 0.25) is 0 Å². The lowest BCUT2D eigenvalue weighted by Crippen LogP contribution is -2.30. The number of hydrogen-bond donors (Lipinski definition) is 1. The van der Waals surface area contributed by atoms with Crippen LogP contribution in [-0.4, -0.2) is 39.9 Å². The summed E-state index contributed by atoms with van der Waals surface area (Å²) in [6.45, 7) is 11.8. The zero-order valence-electron chi connectivity index (χ0n) is 13.1. The quantitative estimate of drug-likeness (QED) is 0.781. The van der Waals surface area contributed by atoms with E-state index in [4.69, 9.17) is 4.74 Å². The Hall–Kier alpha value is -0.770.